The molecular formula is C18H18N4S. The van der Waals surface area contributed by atoms with Crippen molar-refractivity contribution in [1.29, 1.82) is 0 Å². The Balaban J connectivity index is 1.79. The van der Waals surface area contributed by atoms with Crippen molar-refractivity contribution in [2.24, 2.45) is 5.10 Å². The van der Waals surface area contributed by atoms with Crippen molar-refractivity contribution in [3.05, 3.63) is 81.9 Å². The smallest absolute Gasteiger partial charge is 0.216 e. The largest absolute Gasteiger partial charge is 0.250 e. The highest BCUT2D eigenvalue weighted by atomic mass is 32.1. The maximum Gasteiger partial charge on any atom is 0.216 e. The van der Waals surface area contributed by atoms with Crippen LogP contribution in [0.25, 0.3) is 0 Å². The van der Waals surface area contributed by atoms with E-state index in [2.05, 4.69) is 40.4 Å². The lowest BCUT2D eigenvalue weighted by atomic mass is 10.1. The van der Waals surface area contributed by atoms with Crippen molar-refractivity contribution in [3.63, 3.8) is 0 Å². The summed E-state index contributed by atoms with van der Waals surface area (Å²) in [5.41, 5.74) is 3.53. The number of hydrogen-bond acceptors (Lipinski definition) is 3. The molecule has 0 unspecified atom stereocenters. The number of H-pyrrole nitrogens is 1. The van der Waals surface area contributed by atoms with Gasteiger partial charge in [-0.15, -0.1) is 0 Å². The predicted molar refractivity (Wildman–Crippen MR) is 95.4 cm³/mol. The van der Waals surface area contributed by atoms with Gasteiger partial charge in [0.2, 0.25) is 4.77 Å². The quantitative estimate of drug-likeness (QED) is 0.572. The molecule has 0 saturated carbocycles. The third kappa shape index (κ3) is 3.81. The topological polar surface area (TPSA) is 46.0 Å². The van der Waals surface area contributed by atoms with Gasteiger partial charge in [-0.1, -0.05) is 54.6 Å². The van der Waals surface area contributed by atoms with Crippen molar-refractivity contribution in [2.45, 2.75) is 19.8 Å². The first kappa shape index (κ1) is 15.4. The SMILES string of the molecule is Cc1ccccc1/C=N\n1c(CCc2ccccc2)n[nH]c1=S. The molecule has 2 aromatic carbocycles. The minimum atomic E-state index is 0.512. The molecule has 0 bridgehead atoms. The first-order valence-electron chi connectivity index (χ1n) is 7.54. The summed E-state index contributed by atoms with van der Waals surface area (Å²) in [5, 5.41) is 11.6. The van der Waals surface area contributed by atoms with Gasteiger partial charge in [-0.05, 0) is 42.3 Å². The highest BCUT2D eigenvalue weighted by Gasteiger charge is 2.05. The highest BCUT2D eigenvalue weighted by molar-refractivity contribution is 7.71. The zero-order valence-electron chi connectivity index (χ0n) is 12.9. The van der Waals surface area contributed by atoms with E-state index in [1.54, 1.807) is 4.68 Å². The molecule has 0 fully saturated rings. The minimum absolute atomic E-state index is 0.512. The normalized spacial score (nSPS) is 11.2. The van der Waals surface area contributed by atoms with Crippen LogP contribution < -0.4 is 0 Å². The maximum absolute atomic E-state index is 5.28. The lowest BCUT2D eigenvalue weighted by molar-refractivity contribution is 0.750. The van der Waals surface area contributed by atoms with Gasteiger partial charge in [0, 0.05) is 6.42 Å². The molecule has 0 amide bonds. The molecule has 0 aliphatic rings. The fourth-order valence-corrected chi connectivity index (χ4v) is 2.56. The molecule has 23 heavy (non-hydrogen) atoms. The van der Waals surface area contributed by atoms with Gasteiger partial charge in [0.15, 0.2) is 5.82 Å². The molecule has 3 rings (SSSR count). The third-order valence-electron chi connectivity index (χ3n) is 3.70. The Morgan fingerprint density at radius 2 is 1.83 bits per heavy atom. The molecule has 116 valence electrons. The van der Waals surface area contributed by atoms with Gasteiger partial charge in [0.1, 0.15) is 0 Å². The molecule has 5 heteroatoms. The Labute approximate surface area is 140 Å². The van der Waals surface area contributed by atoms with Gasteiger partial charge < -0.3 is 0 Å². The summed E-state index contributed by atoms with van der Waals surface area (Å²) in [5.74, 6) is 0.837. The van der Waals surface area contributed by atoms with Crippen molar-refractivity contribution in [2.75, 3.05) is 0 Å². The van der Waals surface area contributed by atoms with Gasteiger partial charge in [0.25, 0.3) is 0 Å². The van der Waals surface area contributed by atoms with E-state index in [1.807, 2.05) is 42.6 Å². The van der Waals surface area contributed by atoms with Crippen LogP contribution in [0.5, 0.6) is 0 Å². The van der Waals surface area contributed by atoms with Gasteiger partial charge in [-0.2, -0.15) is 14.9 Å². The van der Waals surface area contributed by atoms with Crippen LogP contribution in [-0.4, -0.2) is 21.1 Å². The second-order valence-corrected chi connectivity index (χ2v) is 5.73. The van der Waals surface area contributed by atoms with E-state index >= 15 is 0 Å². The molecule has 1 aromatic heterocycles. The Morgan fingerprint density at radius 3 is 2.61 bits per heavy atom. The molecule has 0 aliphatic heterocycles. The van der Waals surface area contributed by atoms with E-state index < -0.39 is 0 Å². The van der Waals surface area contributed by atoms with E-state index in [4.69, 9.17) is 12.2 Å². The average molecular weight is 322 g/mol. The summed E-state index contributed by atoms with van der Waals surface area (Å²) in [6.45, 7) is 2.06. The Bertz CT molecular complexity index is 862. The van der Waals surface area contributed by atoms with Gasteiger partial charge >= 0.3 is 0 Å². The second kappa shape index (κ2) is 7.15. The summed E-state index contributed by atoms with van der Waals surface area (Å²) < 4.78 is 2.21. The van der Waals surface area contributed by atoms with E-state index in [0.717, 1.165) is 24.2 Å². The first-order valence-corrected chi connectivity index (χ1v) is 7.95. The average Bonchev–Trinajstić information content (AvgIpc) is 2.93. The van der Waals surface area contributed by atoms with Crippen LogP contribution in [0.3, 0.4) is 0 Å². The molecule has 0 saturated heterocycles. The molecule has 0 atom stereocenters. The molecule has 0 spiro atoms. The molecule has 3 aromatic rings. The summed E-state index contributed by atoms with van der Waals surface area (Å²) in [4.78, 5) is 0. The zero-order chi connectivity index (χ0) is 16.1. The number of aromatic amines is 1. The standard InChI is InChI=1S/C18H18N4S/c1-14-7-5-6-10-16(14)13-19-22-17(20-21-18(22)23)12-11-15-8-3-2-4-9-15/h2-10,13H,11-12H2,1H3,(H,21,23)/b19-13-. The number of aromatic nitrogens is 3. The molecule has 4 nitrogen and oxygen atoms in total. The Hall–Kier alpha value is -2.53. The molecule has 0 aliphatic carbocycles. The van der Waals surface area contributed by atoms with Crippen molar-refractivity contribution < 1.29 is 0 Å². The first-order chi connectivity index (χ1) is 11.2. The van der Waals surface area contributed by atoms with Crippen LogP contribution in [-0.2, 0) is 12.8 Å². The van der Waals surface area contributed by atoms with E-state index in [9.17, 15) is 0 Å². The molecule has 1 heterocycles. The number of nitrogens with zero attached hydrogens (tertiary/aromatic N) is 3. The Morgan fingerprint density at radius 1 is 1.09 bits per heavy atom. The lowest BCUT2D eigenvalue weighted by Gasteiger charge is -2.02. The predicted octanol–water partition coefficient (Wildman–Crippen LogP) is 3.92. The van der Waals surface area contributed by atoms with Gasteiger partial charge in [-0.3, -0.25) is 5.10 Å². The fraction of sp³-hybridized carbons (Fsp3) is 0.167. The van der Waals surface area contributed by atoms with Crippen molar-refractivity contribution >= 4 is 18.4 Å². The summed E-state index contributed by atoms with van der Waals surface area (Å²) >= 11 is 5.28. The van der Waals surface area contributed by atoms with E-state index in [1.165, 1.54) is 11.1 Å². The number of benzene rings is 2. The lowest BCUT2D eigenvalue weighted by Crippen LogP contribution is -2.02. The van der Waals surface area contributed by atoms with Crippen molar-refractivity contribution in [1.82, 2.24) is 14.9 Å². The third-order valence-corrected chi connectivity index (χ3v) is 3.96. The number of aryl methyl sites for hydroxylation is 3. The van der Waals surface area contributed by atoms with Crippen LogP contribution >= 0.6 is 12.2 Å². The minimum Gasteiger partial charge on any atom is -0.250 e. The van der Waals surface area contributed by atoms with Crippen LogP contribution in [0.2, 0.25) is 0 Å². The van der Waals surface area contributed by atoms with Crippen molar-refractivity contribution in [3.8, 4) is 0 Å². The second-order valence-electron chi connectivity index (χ2n) is 5.34. The van der Waals surface area contributed by atoms with Crippen LogP contribution in [0.4, 0.5) is 0 Å². The highest BCUT2D eigenvalue weighted by Crippen LogP contribution is 2.08. The fourth-order valence-electron chi connectivity index (χ4n) is 2.36. The monoisotopic (exact) mass is 322 g/mol. The van der Waals surface area contributed by atoms with Crippen LogP contribution in [0.15, 0.2) is 59.7 Å². The summed E-state index contributed by atoms with van der Waals surface area (Å²) in [6.07, 6.45) is 3.51. The molecule has 0 radical (unpaired) electrons. The van der Waals surface area contributed by atoms with Gasteiger partial charge in [-0.25, -0.2) is 0 Å². The zero-order valence-corrected chi connectivity index (χ0v) is 13.8. The van der Waals surface area contributed by atoms with E-state index in [-0.39, 0.29) is 0 Å². The Kier molecular flexibility index (Phi) is 4.78. The molecular weight excluding hydrogens is 304 g/mol. The number of hydrogen-bond donors (Lipinski definition) is 1. The summed E-state index contributed by atoms with van der Waals surface area (Å²) in [6, 6.07) is 18.4. The maximum atomic E-state index is 5.28. The summed E-state index contributed by atoms with van der Waals surface area (Å²) in [7, 11) is 0. The number of rotatable bonds is 5. The van der Waals surface area contributed by atoms with Gasteiger partial charge in [0.05, 0.1) is 6.21 Å². The number of nitrogens with one attached hydrogen (secondary N) is 1. The van der Waals surface area contributed by atoms with Crippen LogP contribution in [0.1, 0.15) is 22.5 Å². The molecule has 1 N–H and O–H groups in total. The van der Waals surface area contributed by atoms with E-state index in [0.29, 0.717) is 4.77 Å². The van der Waals surface area contributed by atoms with Crippen LogP contribution in [0, 0.1) is 11.7 Å².